The lowest BCUT2D eigenvalue weighted by Gasteiger charge is -2.09. The molecule has 0 heterocycles. The van der Waals surface area contributed by atoms with E-state index in [1.807, 2.05) is 0 Å². The number of alkyl halides is 3. The summed E-state index contributed by atoms with van der Waals surface area (Å²) < 4.78 is 35.6. The van der Waals surface area contributed by atoms with Crippen LogP contribution in [0.25, 0.3) is 0 Å². The molecule has 0 unspecified atom stereocenters. The summed E-state index contributed by atoms with van der Waals surface area (Å²) in [6, 6.07) is 4.21. The maximum absolute atomic E-state index is 11.9. The van der Waals surface area contributed by atoms with Crippen molar-refractivity contribution in [3.8, 4) is 5.75 Å². The number of anilines is 1. The van der Waals surface area contributed by atoms with Gasteiger partial charge in [-0.2, -0.15) is 13.2 Å². The molecule has 0 aliphatic heterocycles. The van der Waals surface area contributed by atoms with Gasteiger partial charge < -0.3 is 10.4 Å². The molecule has 6 heteroatoms. The number of halogens is 3. The van der Waals surface area contributed by atoms with Gasteiger partial charge in [-0.15, -0.1) is 0 Å². The van der Waals surface area contributed by atoms with E-state index in [1.165, 1.54) is 18.2 Å². The molecule has 1 aromatic carbocycles. The summed E-state index contributed by atoms with van der Waals surface area (Å²) in [5, 5.41) is 11.5. The summed E-state index contributed by atoms with van der Waals surface area (Å²) in [4.78, 5) is 11.2. The van der Waals surface area contributed by atoms with Crippen LogP contribution in [-0.4, -0.2) is 17.2 Å². The molecule has 1 aromatic rings. The maximum atomic E-state index is 11.9. The molecule has 0 aliphatic rings. The summed E-state index contributed by atoms with van der Waals surface area (Å²) in [7, 11) is 0. The Labute approximate surface area is 96.3 Å². The van der Waals surface area contributed by atoms with E-state index in [1.54, 1.807) is 6.92 Å². The first-order valence-electron chi connectivity index (χ1n) is 4.94. The molecule has 94 valence electrons. The SMILES string of the molecule is Cc1cc(O)ccc1NC(=O)CCC(F)(F)F. The molecule has 1 rings (SSSR count). The van der Waals surface area contributed by atoms with Gasteiger partial charge >= 0.3 is 6.18 Å². The number of aryl methyl sites for hydroxylation is 1. The molecule has 0 saturated heterocycles. The smallest absolute Gasteiger partial charge is 0.389 e. The molecular weight excluding hydrogens is 235 g/mol. The third-order valence-electron chi connectivity index (χ3n) is 2.12. The average molecular weight is 247 g/mol. The standard InChI is InChI=1S/C11H12F3NO2/c1-7-6-8(16)2-3-9(7)15-10(17)4-5-11(12,13)14/h2-3,6,16H,4-5H2,1H3,(H,15,17). The first-order valence-corrected chi connectivity index (χ1v) is 4.94. The first-order chi connectivity index (χ1) is 7.78. The number of carbonyl (C=O) groups is 1. The van der Waals surface area contributed by atoms with Gasteiger partial charge in [0.2, 0.25) is 5.91 Å². The van der Waals surface area contributed by atoms with Gasteiger partial charge in [0.1, 0.15) is 5.75 Å². The highest BCUT2D eigenvalue weighted by molar-refractivity contribution is 5.91. The Morgan fingerprint density at radius 1 is 1.41 bits per heavy atom. The maximum Gasteiger partial charge on any atom is 0.389 e. The van der Waals surface area contributed by atoms with Gasteiger partial charge in [0.05, 0.1) is 6.42 Å². The zero-order valence-electron chi connectivity index (χ0n) is 9.14. The number of amides is 1. The minimum absolute atomic E-state index is 0.0378. The molecular formula is C11H12F3NO2. The van der Waals surface area contributed by atoms with Gasteiger partial charge in [-0.3, -0.25) is 4.79 Å². The summed E-state index contributed by atoms with van der Waals surface area (Å²) >= 11 is 0. The van der Waals surface area contributed by atoms with Gasteiger partial charge in [0.15, 0.2) is 0 Å². The van der Waals surface area contributed by atoms with E-state index in [9.17, 15) is 18.0 Å². The predicted molar refractivity (Wildman–Crippen MR) is 56.8 cm³/mol. The van der Waals surface area contributed by atoms with Crippen molar-refractivity contribution in [2.75, 3.05) is 5.32 Å². The van der Waals surface area contributed by atoms with E-state index in [-0.39, 0.29) is 5.75 Å². The Balaban J connectivity index is 2.57. The molecule has 1 amide bonds. The van der Waals surface area contributed by atoms with Crippen molar-refractivity contribution in [3.63, 3.8) is 0 Å². The third-order valence-corrected chi connectivity index (χ3v) is 2.12. The van der Waals surface area contributed by atoms with Crippen molar-refractivity contribution in [2.24, 2.45) is 0 Å². The number of rotatable bonds is 3. The number of benzene rings is 1. The lowest BCUT2D eigenvalue weighted by molar-refractivity contribution is -0.142. The lowest BCUT2D eigenvalue weighted by atomic mass is 10.2. The number of carbonyl (C=O) groups excluding carboxylic acids is 1. The van der Waals surface area contributed by atoms with Crippen LogP contribution in [0, 0.1) is 6.92 Å². The van der Waals surface area contributed by atoms with E-state index >= 15 is 0 Å². The molecule has 17 heavy (non-hydrogen) atoms. The van der Waals surface area contributed by atoms with E-state index in [0.717, 1.165) is 0 Å². The number of hydrogen-bond donors (Lipinski definition) is 2. The molecule has 0 radical (unpaired) electrons. The molecule has 0 spiro atoms. The van der Waals surface area contributed by atoms with Gasteiger partial charge in [0, 0.05) is 12.1 Å². The Hall–Kier alpha value is -1.72. The third kappa shape index (κ3) is 4.76. The largest absolute Gasteiger partial charge is 0.508 e. The van der Waals surface area contributed by atoms with Crippen molar-refractivity contribution in [3.05, 3.63) is 23.8 Å². The minimum Gasteiger partial charge on any atom is -0.508 e. The van der Waals surface area contributed by atoms with Gasteiger partial charge in [-0.05, 0) is 30.7 Å². The highest BCUT2D eigenvalue weighted by Gasteiger charge is 2.27. The minimum atomic E-state index is -4.33. The summed E-state index contributed by atoms with van der Waals surface area (Å²) in [5.74, 6) is -0.660. The van der Waals surface area contributed by atoms with Crippen LogP contribution in [0.4, 0.5) is 18.9 Å². The summed E-state index contributed by atoms with van der Waals surface area (Å²) in [5.41, 5.74) is 0.986. The number of aromatic hydroxyl groups is 1. The topological polar surface area (TPSA) is 49.3 Å². The molecule has 0 bridgehead atoms. The monoisotopic (exact) mass is 247 g/mol. The van der Waals surface area contributed by atoms with Crippen LogP contribution in [0.2, 0.25) is 0 Å². The van der Waals surface area contributed by atoms with Crippen LogP contribution in [0.5, 0.6) is 5.75 Å². The number of nitrogens with one attached hydrogen (secondary N) is 1. The Morgan fingerprint density at radius 2 is 2.06 bits per heavy atom. The van der Waals surface area contributed by atoms with Crippen molar-refractivity contribution < 1.29 is 23.1 Å². The van der Waals surface area contributed by atoms with Crippen LogP contribution in [0.1, 0.15) is 18.4 Å². The lowest BCUT2D eigenvalue weighted by Crippen LogP contribution is -2.16. The zero-order chi connectivity index (χ0) is 13.1. The fourth-order valence-corrected chi connectivity index (χ4v) is 1.26. The summed E-state index contributed by atoms with van der Waals surface area (Å²) in [6.45, 7) is 1.64. The fourth-order valence-electron chi connectivity index (χ4n) is 1.26. The number of phenolic OH excluding ortho intramolecular Hbond substituents is 1. The van der Waals surface area contributed by atoms with Gasteiger partial charge in [0.25, 0.3) is 0 Å². The fraction of sp³-hybridized carbons (Fsp3) is 0.364. The summed E-state index contributed by atoms with van der Waals surface area (Å²) in [6.07, 6.45) is -6.08. The van der Waals surface area contributed by atoms with E-state index < -0.39 is 24.9 Å². The second-order valence-electron chi connectivity index (χ2n) is 3.66. The predicted octanol–water partition coefficient (Wildman–Crippen LogP) is 2.98. The van der Waals surface area contributed by atoms with Crippen LogP contribution < -0.4 is 5.32 Å². The molecule has 0 saturated carbocycles. The number of phenols is 1. The van der Waals surface area contributed by atoms with Crippen molar-refractivity contribution >= 4 is 11.6 Å². The van der Waals surface area contributed by atoms with E-state index in [0.29, 0.717) is 11.3 Å². The highest BCUT2D eigenvalue weighted by Crippen LogP contribution is 2.23. The van der Waals surface area contributed by atoms with Gasteiger partial charge in [-0.1, -0.05) is 0 Å². The van der Waals surface area contributed by atoms with Crippen molar-refractivity contribution in [2.45, 2.75) is 25.9 Å². The van der Waals surface area contributed by atoms with Crippen LogP contribution >= 0.6 is 0 Å². The highest BCUT2D eigenvalue weighted by atomic mass is 19.4. The molecule has 2 N–H and O–H groups in total. The Kier molecular flexibility index (Phi) is 3.98. The Morgan fingerprint density at radius 3 is 2.59 bits per heavy atom. The van der Waals surface area contributed by atoms with Crippen LogP contribution in [0.15, 0.2) is 18.2 Å². The zero-order valence-corrected chi connectivity index (χ0v) is 9.14. The normalized spacial score (nSPS) is 11.3. The molecule has 0 aliphatic carbocycles. The molecule has 0 aromatic heterocycles. The Bertz CT molecular complexity index is 416. The second-order valence-corrected chi connectivity index (χ2v) is 3.66. The van der Waals surface area contributed by atoms with Gasteiger partial charge in [-0.25, -0.2) is 0 Å². The van der Waals surface area contributed by atoms with Crippen molar-refractivity contribution in [1.82, 2.24) is 0 Å². The van der Waals surface area contributed by atoms with Crippen LogP contribution in [0.3, 0.4) is 0 Å². The van der Waals surface area contributed by atoms with E-state index in [4.69, 9.17) is 5.11 Å². The average Bonchev–Trinajstić information content (AvgIpc) is 2.18. The van der Waals surface area contributed by atoms with Crippen molar-refractivity contribution in [1.29, 1.82) is 0 Å². The first kappa shape index (κ1) is 13.3. The quantitative estimate of drug-likeness (QED) is 0.807. The molecule has 3 nitrogen and oxygen atoms in total. The second kappa shape index (κ2) is 5.07. The van der Waals surface area contributed by atoms with Crippen LogP contribution in [-0.2, 0) is 4.79 Å². The van der Waals surface area contributed by atoms with E-state index in [2.05, 4.69) is 5.32 Å². The molecule has 0 atom stereocenters. The molecule has 0 fully saturated rings. The number of hydrogen-bond acceptors (Lipinski definition) is 2.